The molecule has 0 aromatic heterocycles. The van der Waals surface area contributed by atoms with Gasteiger partial charge in [0, 0.05) is 24.8 Å². The molecule has 0 spiro atoms. The minimum Gasteiger partial charge on any atom is -0.447 e. The number of likely N-dealkylation sites (tertiary alicyclic amines) is 1. The summed E-state index contributed by atoms with van der Waals surface area (Å²) in [6.45, 7) is 3.76. The van der Waals surface area contributed by atoms with E-state index in [1.807, 2.05) is 11.8 Å². The molecule has 0 radical (unpaired) electrons. The lowest BCUT2D eigenvalue weighted by atomic mass is 10.0. The van der Waals surface area contributed by atoms with Gasteiger partial charge >= 0.3 is 12.5 Å². The molecule has 1 unspecified atom stereocenters. The van der Waals surface area contributed by atoms with Gasteiger partial charge in [-0.2, -0.15) is 0 Å². The molecule has 0 aliphatic carbocycles. The van der Waals surface area contributed by atoms with E-state index in [2.05, 4.69) is 10.1 Å². The molecular formula is C17H20F3N3O3S. The van der Waals surface area contributed by atoms with Crippen molar-refractivity contribution in [3.63, 3.8) is 0 Å². The van der Waals surface area contributed by atoms with Crippen LogP contribution in [0.5, 0.6) is 5.75 Å². The Balaban J connectivity index is 1.50. The zero-order valence-electron chi connectivity index (χ0n) is 14.7. The van der Waals surface area contributed by atoms with E-state index < -0.39 is 6.36 Å². The third kappa shape index (κ3) is 4.94. The second kappa shape index (κ2) is 7.79. The highest BCUT2D eigenvalue weighted by Crippen LogP contribution is 2.26. The third-order valence-corrected chi connectivity index (χ3v) is 4.98. The number of hydrogen-bond donors (Lipinski definition) is 1. The summed E-state index contributed by atoms with van der Waals surface area (Å²) in [7, 11) is 0. The number of rotatable bonds is 3. The molecule has 0 saturated carbocycles. The maximum atomic E-state index is 12.2. The van der Waals surface area contributed by atoms with Crippen LogP contribution in [0.1, 0.15) is 19.8 Å². The molecule has 1 amide bonds. The molecule has 1 aromatic carbocycles. The lowest BCUT2D eigenvalue weighted by molar-refractivity contribution is -0.274. The van der Waals surface area contributed by atoms with Crippen LogP contribution in [0.2, 0.25) is 0 Å². The number of alkyl halides is 3. The largest absolute Gasteiger partial charge is 0.573 e. The van der Waals surface area contributed by atoms with Crippen LogP contribution in [0.3, 0.4) is 0 Å². The highest BCUT2D eigenvalue weighted by atomic mass is 32.1. The number of carbonyl (C=O) groups is 1. The van der Waals surface area contributed by atoms with Gasteiger partial charge in [0.25, 0.3) is 0 Å². The van der Waals surface area contributed by atoms with Gasteiger partial charge in [0.15, 0.2) is 5.11 Å². The molecule has 148 valence electrons. The number of anilines is 1. The number of cyclic esters (lactones) is 1. The third-order valence-electron chi connectivity index (χ3n) is 4.62. The summed E-state index contributed by atoms with van der Waals surface area (Å²) in [4.78, 5) is 15.6. The van der Waals surface area contributed by atoms with Gasteiger partial charge in [-0.25, -0.2) is 4.79 Å². The van der Waals surface area contributed by atoms with Crippen LogP contribution in [-0.2, 0) is 4.74 Å². The van der Waals surface area contributed by atoms with Gasteiger partial charge in [0.2, 0.25) is 0 Å². The van der Waals surface area contributed by atoms with Crippen molar-refractivity contribution in [3.05, 3.63) is 24.3 Å². The molecule has 2 saturated heterocycles. The topological polar surface area (TPSA) is 54.0 Å². The second-order valence-corrected chi connectivity index (χ2v) is 6.94. The normalized spacial score (nSPS) is 21.2. The number of amides is 1. The molecule has 1 atom stereocenters. The number of piperidine rings is 1. The summed E-state index contributed by atoms with van der Waals surface area (Å²) < 4.78 is 45.5. The average Bonchev–Trinajstić information content (AvgIpc) is 2.94. The number of halogens is 3. The summed E-state index contributed by atoms with van der Waals surface area (Å²) in [6, 6.07) is 5.62. The Bertz CT molecular complexity index is 691. The van der Waals surface area contributed by atoms with E-state index in [4.69, 9.17) is 17.0 Å². The van der Waals surface area contributed by atoms with E-state index in [0.29, 0.717) is 30.5 Å². The van der Waals surface area contributed by atoms with Gasteiger partial charge in [0.05, 0.1) is 6.04 Å². The van der Waals surface area contributed by atoms with Crippen LogP contribution >= 0.6 is 12.2 Å². The molecule has 2 fully saturated rings. The van der Waals surface area contributed by atoms with Crippen LogP contribution in [0.4, 0.5) is 23.7 Å². The average molecular weight is 403 g/mol. The zero-order valence-corrected chi connectivity index (χ0v) is 15.5. The summed E-state index contributed by atoms with van der Waals surface area (Å²) in [6.07, 6.45) is -3.42. The van der Waals surface area contributed by atoms with Crippen molar-refractivity contribution in [2.75, 3.05) is 25.0 Å². The van der Waals surface area contributed by atoms with E-state index in [9.17, 15) is 18.0 Å². The maximum absolute atomic E-state index is 12.2. The Labute approximate surface area is 160 Å². The van der Waals surface area contributed by atoms with E-state index in [1.54, 1.807) is 4.90 Å². The minimum absolute atomic E-state index is 0.0801. The van der Waals surface area contributed by atoms with E-state index in [0.717, 1.165) is 12.8 Å². The first-order valence-corrected chi connectivity index (χ1v) is 9.00. The number of nitrogens with zero attached hydrogens (tertiary/aromatic N) is 2. The number of nitrogens with one attached hydrogen (secondary N) is 1. The Hall–Kier alpha value is -2.23. The molecule has 6 nitrogen and oxygen atoms in total. The number of carbonyl (C=O) groups excluding carboxylic acids is 1. The van der Waals surface area contributed by atoms with Crippen molar-refractivity contribution in [3.8, 4) is 5.75 Å². The first kappa shape index (κ1) is 19.5. The van der Waals surface area contributed by atoms with Gasteiger partial charge in [-0.15, -0.1) is 13.2 Å². The van der Waals surface area contributed by atoms with Gasteiger partial charge in [0.1, 0.15) is 12.4 Å². The van der Waals surface area contributed by atoms with Crippen molar-refractivity contribution in [1.29, 1.82) is 0 Å². The minimum atomic E-state index is -4.71. The Morgan fingerprint density at radius 2 is 1.89 bits per heavy atom. The van der Waals surface area contributed by atoms with Crippen LogP contribution in [0.15, 0.2) is 24.3 Å². The fourth-order valence-electron chi connectivity index (χ4n) is 3.33. The lowest BCUT2D eigenvalue weighted by Crippen LogP contribution is -2.49. The standard InChI is InChI=1S/C17H20F3N3O3S/c1-11-10-25-16(24)23(11)13-6-8-22(9-7-13)15(27)21-12-2-4-14(5-3-12)26-17(18,19)20/h2-5,11,13H,6-10H2,1H3,(H,21,27). The number of hydrogen-bond acceptors (Lipinski definition) is 4. The fraction of sp³-hybridized carbons (Fsp3) is 0.529. The monoisotopic (exact) mass is 403 g/mol. The van der Waals surface area contributed by atoms with Crippen molar-refractivity contribution in [1.82, 2.24) is 9.80 Å². The van der Waals surface area contributed by atoms with E-state index >= 15 is 0 Å². The molecule has 3 rings (SSSR count). The van der Waals surface area contributed by atoms with Gasteiger partial charge in [-0.1, -0.05) is 0 Å². The molecule has 10 heteroatoms. The quantitative estimate of drug-likeness (QED) is 0.779. The van der Waals surface area contributed by atoms with Crippen LogP contribution in [0, 0.1) is 0 Å². The number of thiocarbonyl (C=S) groups is 1. The fourth-order valence-corrected chi connectivity index (χ4v) is 3.63. The second-order valence-electron chi connectivity index (χ2n) is 6.55. The van der Waals surface area contributed by atoms with Crippen LogP contribution in [-0.4, -0.2) is 59.1 Å². The first-order valence-electron chi connectivity index (χ1n) is 8.60. The van der Waals surface area contributed by atoms with E-state index in [-0.39, 0.29) is 23.9 Å². The van der Waals surface area contributed by atoms with Crippen molar-refractivity contribution < 1.29 is 27.4 Å². The summed E-state index contributed by atoms with van der Waals surface area (Å²) >= 11 is 5.39. The molecule has 2 heterocycles. The molecule has 27 heavy (non-hydrogen) atoms. The molecular weight excluding hydrogens is 383 g/mol. The molecule has 2 aliphatic rings. The SMILES string of the molecule is CC1COC(=O)N1C1CCN(C(=S)Nc2ccc(OC(F)(F)F)cc2)CC1. The molecule has 1 aromatic rings. The Morgan fingerprint density at radius 3 is 2.41 bits per heavy atom. The molecule has 2 aliphatic heterocycles. The van der Waals surface area contributed by atoms with Gasteiger partial charge < -0.3 is 19.7 Å². The van der Waals surface area contributed by atoms with Gasteiger partial charge in [-0.05, 0) is 56.2 Å². The van der Waals surface area contributed by atoms with Crippen LogP contribution < -0.4 is 10.1 Å². The lowest BCUT2D eigenvalue weighted by Gasteiger charge is -2.38. The maximum Gasteiger partial charge on any atom is 0.573 e. The predicted octanol–water partition coefficient (Wildman–Crippen LogP) is 3.59. The van der Waals surface area contributed by atoms with Crippen LogP contribution in [0.25, 0.3) is 0 Å². The zero-order chi connectivity index (χ0) is 19.6. The summed E-state index contributed by atoms with van der Waals surface area (Å²) in [5.74, 6) is -0.286. The number of ether oxygens (including phenoxy) is 2. The number of benzene rings is 1. The molecule has 0 bridgehead atoms. The van der Waals surface area contributed by atoms with Crippen molar-refractivity contribution in [2.24, 2.45) is 0 Å². The predicted molar refractivity (Wildman–Crippen MR) is 96.6 cm³/mol. The summed E-state index contributed by atoms with van der Waals surface area (Å²) in [5, 5.41) is 3.51. The highest BCUT2D eigenvalue weighted by molar-refractivity contribution is 7.80. The smallest absolute Gasteiger partial charge is 0.447 e. The first-order chi connectivity index (χ1) is 12.7. The van der Waals surface area contributed by atoms with E-state index in [1.165, 1.54) is 24.3 Å². The Morgan fingerprint density at radius 1 is 1.26 bits per heavy atom. The highest BCUT2D eigenvalue weighted by Gasteiger charge is 2.37. The van der Waals surface area contributed by atoms with Crippen molar-refractivity contribution >= 4 is 29.1 Å². The Kier molecular flexibility index (Phi) is 5.64. The summed E-state index contributed by atoms with van der Waals surface area (Å²) in [5.41, 5.74) is 0.577. The van der Waals surface area contributed by atoms with Crippen molar-refractivity contribution in [2.45, 2.75) is 38.2 Å². The molecule has 1 N–H and O–H groups in total. The van der Waals surface area contributed by atoms with Gasteiger partial charge in [-0.3, -0.25) is 4.90 Å².